The molecule has 4 heterocycles. The molecule has 2 fully saturated rings. The van der Waals surface area contributed by atoms with Gasteiger partial charge in [0, 0.05) is 43.3 Å². The predicted molar refractivity (Wildman–Crippen MR) is 131 cm³/mol. The Balaban J connectivity index is 0.000000444. The summed E-state index contributed by atoms with van der Waals surface area (Å²) in [5.74, 6) is -1.63. The second-order valence-corrected chi connectivity index (χ2v) is 9.61. The van der Waals surface area contributed by atoms with E-state index in [1.165, 1.54) is 42.4 Å². The molecule has 9 nitrogen and oxygen atoms in total. The van der Waals surface area contributed by atoms with Gasteiger partial charge in [0.2, 0.25) is 5.91 Å². The smallest absolute Gasteiger partial charge is 0.352 e. The Labute approximate surface area is 234 Å². The number of hydrogen-bond acceptors (Lipinski definition) is 7. The molecule has 2 amide bonds. The third-order valence-corrected chi connectivity index (χ3v) is 7.55. The molecule has 0 saturated carbocycles. The second kappa shape index (κ2) is 16.0. The molecular formula is C22H33N4O5S2Y-. The van der Waals surface area contributed by atoms with Gasteiger partial charge in [0.05, 0.1) is 13.0 Å². The van der Waals surface area contributed by atoms with Gasteiger partial charge in [0.1, 0.15) is 17.1 Å². The molecule has 0 aromatic carbocycles. The van der Waals surface area contributed by atoms with Gasteiger partial charge < -0.3 is 26.6 Å². The number of nitrogens with zero attached hydrogens (tertiary/aromatic N) is 1. The van der Waals surface area contributed by atoms with Gasteiger partial charge >= 0.3 is 5.97 Å². The number of fused-ring (bicyclic) bond motifs is 1. The zero-order chi connectivity index (χ0) is 24.4. The number of carbonyl (C=O) groups excluding carboxylic acids is 2. The molecule has 1 radical (unpaired) electrons. The number of aliphatic hydroxyl groups excluding tert-OH is 1. The van der Waals surface area contributed by atoms with Crippen molar-refractivity contribution in [2.45, 2.75) is 57.0 Å². The van der Waals surface area contributed by atoms with Crippen molar-refractivity contribution in [2.75, 3.05) is 25.4 Å². The first kappa shape index (κ1) is 31.2. The molecule has 12 heteroatoms. The minimum atomic E-state index is -1.24. The maximum atomic E-state index is 12.2. The second-order valence-electron chi connectivity index (χ2n) is 7.48. The van der Waals surface area contributed by atoms with Crippen molar-refractivity contribution < 1.29 is 57.3 Å². The maximum Gasteiger partial charge on any atom is 0.352 e. The van der Waals surface area contributed by atoms with Gasteiger partial charge in [-0.2, -0.15) is 0 Å². The summed E-state index contributed by atoms with van der Waals surface area (Å²) in [5, 5.41) is 25.9. The fraction of sp³-hybridized carbons (Fsp3) is 0.591. The van der Waals surface area contributed by atoms with Crippen molar-refractivity contribution in [1.82, 2.24) is 15.5 Å². The summed E-state index contributed by atoms with van der Waals surface area (Å²) in [4.78, 5) is 37.6. The Morgan fingerprint density at radius 3 is 2.56 bits per heavy atom. The van der Waals surface area contributed by atoms with E-state index in [1.54, 1.807) is 0 Å². The number of carboxylic acids is 1. The molecule has 1 aromatic rings. The Hall–Kier alpha value is -0.816. The average molecular weight is 587 g/mol. The molecule has 0 aliphatic carbocycles. The summed E-state index contributed by atoms with van der Waals surface area (Å²) in [7, 11) is 0. The normalized spacial score (nSPS) is 23.1. The molecule has 2 saturated heterocycles. The fourth-order valence-electron chi connectivity index (χ4n) is 3.70. The predicted octanol–water partition coefficient (Wildman–Crippen LogP) is 2.23. The topological polar surface area (TPSA) is 143 Å². The molecule has 187 valence electrons. The van der Waals surface area contributed by atoms with E-state index in [0.29, 0.717) is 23.9 Å². The first-order chi connectivity index (χ1) is 16.0. The van der Waals surface area contributed by atoms with E-state index in [9.17, 15) is 24.6 Å². The van der Waals surface area contributed by atoms with Crippen LogP contribution in [-0.2, 0) is 53.5 Å². The number of β-lactam (4-membered cyclic amide) rings is 1. The molecule has 1 aromatic heterocycles. The van der Waals surface area contributed by atoms with Gasteiger partial charge in [0.25, 0.3) is 5.91 Å². The van der Waals surface area contributed by atoms with Crippen LogP contribution < -0.4 is 10.6 Å². The summed E-state index contributed by atoms with van der Waals surface area (Å²) in [6.45, 7) is 5.28. The third kappa shape index (κ3) is 8.11. The first-order valence-electron chi connectivity index (χ1n) is 11.2. The van der Waals surface area contributed by atoms with E-state index in [1.807, 2.05) is 31.4 Å². The molecule has 34 heavy (non-hydrogen) atoms. The van der Waals surface area contributed by atoms with Crippen molar-refractivity contribution in [3.05, 3.63) is 39.4 Å². The number of nitrogens with one attached hydrogen (secondary N) is 3. The maximum absolute atomic E-state index is 12.2. The van der Waals surface area contributed by atoms with Gasteiger partial charge in [-0.15, -0.1) is 29.6 Å². The molecular weight excluding hydrogens is 553 g/mol. The monoisotopic (exact) mass is 586 g/mol. The number of amides is 2. The van der Waals surface area contributed by atoms with Crippen molar-refractivity contribution in [3.8, 4) is 0 Å². The zero-order valence-corrected chi connectivity index (χ0v) is 24.1. The van der Waals surface area contributed by atoms with Crippen LogP contribution >= 0.6 is 23.1 Å². The van der Waals surface area contributed by atoms with E-state index in [2.05, 4.69) is 10.6 Å². The molecule has 3 aliphatic heterocycles. The number of thiophene rings is 1. The fourth-order valence-corrected chi connectivity index (χ4v) is 5.74. The Kier molecular flexibility index (Phi) is 14.7. The molecule has 0 bridgehead atoms. The number of aliphatic carboxylic acids is 1. The van der Waals surface area contributed by atoms with Crippen molar-refractivity contribution >= 4 is 40.9 Å². The Morgan fingerprint density at radius 1 is 1.32 bits per heavy atom. The minimum Gasteiger partial charge on any atom is -0.676 e. The third-order valence-electron chi connectivity index (χ3n) is 5.33. The van der Waals surface area contributed by atoms with Gasteiger partial charge in [-0.05, 0) is 42.4 Å². The standard InChI is InChI=1S/C14H14N2O5S2.C6H13N2.C2H6.Y/c17-5-7-6-23-13-10(12(19)16(13)11(7)14(20)21)15-9(18)4-8-2-1-3-22-8;7-5-6-3-1-2-4-8-6;1-2;/h1-3,10,13,17H,4-6H2,(H,15,18)(H,20,21);6-8H,1-5H2;1-2H3;/q;-1;;/t10-,13-;;;/m1.../s1. The molecule has 3 aliphatic rings. The van der Waals surface area contributed by atoms with Crippen molar-refractivity contribution in [3.63, 3.8) is 0 Å². The van der Waals surface area contributed by atoms with Crippen LogP contribution in [0.1, 0.15) is 38.0 Å². The average Bonchev–Trinajstić information content (AvgIpc) is 3.36. The van der Waals surface area contributed by atoms with Crippen LogP contribution in [0.25, 0.3) is 5.73 Å². The Bertz CT molecular complexity index is 831. The van der Waals surface area contributed by atoms with Crippen LogP contribution in [0.2, 0.25) is 0 Å². The van der Waals surface area contributed by atoms with E-state index in [4.69, 9.17) is 5.73 Å². The molecule has 1 unspecified atom stereocenters. The summed E-state index contributed by atoms with van der Waals surface area (Å²) in [6, 6.07) is 3.47. The SMILES string of the molecule is CC.O=C(Cc1cccs1)N[C@@H]1C(=O)N2C(C(=O)O)=C(CO)CS[C@H]12.[NH-]CC1CCCCN1.[Y]. The molecule has 4 rings (SSSR count). The largest absolute Gasteiger partial charge is 0.676 e. The number of piperidine rings is 1. The number of carboxylic acid groups (broad SMARTS) is 1. The number of hydrogen-bond donors (Lipinski definition) is 4. The summed E-state index contributed by atoms with van der Waals surface area (Å²) >= 11 is 2.80. The molecule has 5 N–H and O–H groups in total. The van der Waals surface area contributed by atoms with Crippen LogP contribution in [-0.4, -0.2) is 75.8 Å². The summed E-state index contributed by atoms with van der Waals surface area (Å²) in [5.41, 5.74) is 7.19. The molecule has 0 spiro atoms. The quantitative estimate of drug-likeness (QED) is 0.375. The van der Waals surface area contributed by atoms with Crippen LogP contribution in [0.5, 0.6) is 0 Å². The summed E-state index contributed by atoms with van der Waals surface area (Å²) < 4.78 is 0. The van der Waals surface area contributed by atoms with E-state index in [0.717, 1.165) is 16.3 Å². The van der Waals surface area contributed by atoms with E-state index >= 15 is 0 Å². The van der Waals surface area contributed by atoms with Crippen LogP contribution in [0, 0.1) is 0 Å². The molecule has 3 atom stereocenters. The van der Waals surface area contributed by atoms with Gasteiger partial charge in [0.15, 0.2) is 0 Å². The summed E-state index contributed by atoms with van der Waals surface area (Å²) in [6.07, 6.45) is 4.03. The van der Waals surface area contributed by atoms with Crippen LogP contribution in [0.3, 0.4) is 0 Å². The van der Waals surface area contributed by atoms with Crippen LogP contribution in [0.4, 0.5) is 0 Å². The number of aliphatic hydroxyl groups is 1. The first-order valence-corrected chi connectivity index (χ1v) is 13.1. The van der Waals surface area contributed by atoms with Crippen molar-refractivity contribution in [2.24, 2.45) is 0 Å². The van der Waals surface area contributed by atoms with Gasteiger partial charge in [-0.25, -0.2) is 4.79 Å². The number of thioether (sulfide) groups is 1. The zero-order valence-electron chi connectivity index (χ0n) is 19.6. The van der Waals surface area contributed by atoms with Crippen LogP contribution in [0.15, 0.2) is 28.8 Å². The minimum absolute atomic E-state index is 0. The number of rotatable bonds is 6. The van der Waals surface area contributed by atoms with E-state index in [-0.39, 0.29) is 50.7 Å². The Morgan fingerprint density at radius 2 is 2.06 bits per heavy atom. The van der Waals surface area contributed by atoms with E-state index < -0.39 is 29.9 Å². The van der Waals surface area contributed by atoms with Gasteiger partial charge in [-0.3, -0.25) is 14.5 Å². The van der Waals surface area contributed by atoms with Crippen molar-refractivity contribution in [1.29, 1.82) is 0 Å². The van der Waals surface area contributed by atoms with Gasteiger partial charge in [-0.1, -0.05) is 26.3 Å². The number of carbonyl (C=O) groups is 3.